The van der Waals surface area contributed by atoms with E-state index in [1.807, 2.05) is 31.2 Å². The minimum atomic E-state index is -0.461. The third-order valence-corrected chi connectivity index (χ3v) is 5.36. The molecule has 0 aliphatic carbocycles. The summed E-state index contributed by atoms with van der Waals surface area (Å²) in [5, 5.41) is 7.83. The van der Waals surface area contributed by atoms with Gasteiger partial charge in [-0.3, -0.25) is 9.59 Å². The highest BCUT2D eigenvalue weighted by Gasteiger charge is 2.19. The first-order valence-corrected chi connectivity index (χ1v) is 9.49. The number of aryl methyl sites for hydroxylation is 1. The Morgan fingerprint density at radius 3 is 2.74 bits per heavy atom. The standard InChI is InChI=1S/C18H19N5O3S/c1-12-2-4-13(5-3-12)10-19-15(24)14-11-20-17-23(16(14)25)21-18(27-17)22-6-8-26-9-7-22/h2-5,11H,6-10H2,1H3,(H,19,24). The molecular formula is C18H19N5O3S. The van der Waals surface area contributed by atoms with Gasteiger partial charge in [-0.25, -0.2) is 4.98 Å². The molecule has 2 aromatic heterocycles. The number of carbonyl (C=O) groups is 1. The maximum Gasteiger partial charge on any atom is 0.288 e. The lowest BCUT2D eigenvalue weighted by Crippen LogP contribution is -2.36. The zero-order chi connectivity index (χ0) is 18.8. The van der Waals surface area contributed by atoms with E-state index in [0.717, 1.165) is 24.2 Å². The molecule has 1 aliphatic rings. The number of rotatable bonds is 4. The van der Waals surface area contributed by atoms with E-state index in [1.165, 1.54) is 22.0 Å². The van der Waals surface area contributed by atoms with Gasteiger partial charge in [0.15, 0.2) is 0 Å². The lowest BCUT2D eigenvalue weighted by Gasteiger charge is -2.25. The van der Waals surface area contributed by atoms with Gasteiger partial charge in [0.05, 0.1) is 13.2 Å². The Balaban J connectivity index is 1.54. The first-order chi connectivity index (χ1) is 13.1. The van der Waals surface area contributed by atoms with Crippen molar-refractivity contribution in [2.24, 2.45) is 0 Å². The van der Waals surface area contributed by atoms with Crippen LogP contribution in [0.15, 0.2) is 35.3 Å². The summed E-state index contributed by atoms with van der Waals surface area (Å²) >= 11 is 1.33. The molecule has 27 heavy (non-hydrogen) atoms. The Morgan fingerprint density at radius 2 is 2.00 bits per heavy atom. The van der Waals surface area contributed by atoms with Gasteiger partial charge in [-0.15, -0.1) is 5.10 Å². The van der Waals surface area contributed by atoms with Gasteiger partial charge in [0, 0.05) is 25.8 Å². The second-order valence-corrected chi connectivity index (χ2v) is 7.26. The maximum absolute atomic E-state index is 12.7. The van der Waals surface area contributed by atoms with E-state index in [9.17, 15) is 9.59 Å². The first kappa shape index (κ1) is 17.6. The number of anilines is 1. The van der Waals surface area contributed by atoms with Gasteiger partial charge in [0.2, 0.25) is 10.1 Å². The molecule has 3 heterocycles. The summed E-state index contributed by atoms with van der Waals surface area (Å²) < 4.78 is 6.54. The number of nitrogens with zero attached hydrogens (tertiary/aromatic N) is 4. The molecule has 0 saturated carbocycles. The molecule has 1 N–H and O–H groups in total. The summed E-state index contributed by atoms with van der Waals surface area (Å²) in [6.45, 7) is 5.05. The van der Waals surface area contributed by atoms with Gasteiger partial charge in [0.25, 0.3) is 11.5 Å². The largest absolute Gasteiger partial charge is 0.378 e. The van der Waals surface area contributed by atoms with Crippen molar-refractivity contribution in [1.82, 2.24) is 19.9 Å². The molecule has 0 radical (unpaired) electrons. The molecule has 0 atom stereocenters. The van der Waals surface area contributed by atoms with Crippen molar-refractivity contribution >= 4 is 27.3 Å². The van der Waals surface area contributed by atoms with E-state index in [2.05, 4.69) is 20.3 Å². The Hall–Kier alpha value is -2.78. The van der Waals surface area contributed by atoms with Crippen molar-refractivity contribution in [1.29, 1.82) is 0 Å². The van der Waals surface area contributed by atoms with Crippen LogP contribution in [-0.4, -0.2) is 46.8 Å². The summed E-state index contributed by atoms with van der Waals surface area (Å²) in [4.78, 5) is 31.9. The van der Waals surface area contributed by atoms with E-state index < -0.39 is 11.5 Å². The third kappa shape index (κ3) is 3.69. The summed E-state index contributed by atoms with van der Waals surface area (Å²) in [6.07, 6.45) is 1.32. The predicted molar refractivity (Wildman–Crippen MR) is 103 cm³/mol. The predicted octanol–water partition coefficient (Wildman–Crippen LogP) is 1.23. The van der Waals surface area contributed by atoms with Crippen LogP contribution in [0.5, 0.6) is 0 Å². The van der Waals surface area contributed by atoms with Crippen molar-refractivity contribution in [3.8, 4) is 0 Å². The van der Waals surface area contributed by atoms with Crippen LogP contribution >= 0.6 is 11.3 Å². The second-order valence-electron chi connectivity index (χ2n) is 6.32. The van der Waals surface area contributed by atoms with E-state index in [4.69, 9.17) is 4.74 Å². The highest BCUT2D eigenvalue weighted by molar-refractivity contribution is 7.20. The van der Waals surface area contributed by atoms with Gasteiger partial charge in [0.1, 0.15) is 5.56 Å². The number of benzene rings is 1. The van der Waals surface area contributed by atoms with E-state index in [1.54, 1.807) is 0 Å². The zero-order valence-electron chi connectivity index (χ0n) is 14.8. The minimum absolute atomic E-state index is 0.0153. The number of carbonyl (C=O) groups excluding carboxylic acids is 1. The number of nitrogens with one attached hydrogen (secondary N) is 1. The number of aromatic nitrogens is 3. The van der Waals surface area contributed by atoms with Gasteiger partial charge < -0.3 is 15.0 Å². The molecule has 1 fully saturated rings. The smallest absolute Gasteiger partial charge is 0.288 e. The Kier molecular flexibility index (Phi) is 4.87. The fourth-order valence-electron chi connectivity index (χ4n) is 2.80. The van der Waals surface area contributed by atoms with Gasteiger partial charge >= 0.3 is 0 Å². The average molecular weight is 385 g/mol. The molecule has 0 bridgehead atoms. The summed E-state index contributed by atoms with van der Waals surface area (Å²) in [7, 11) is 0. The molecule has 3 aromatic rings. The van der Waals surface area contributed by atoms with Crippen LogP contribution in [0.2, 0.25) is 0 Å². The van der Waals surface area contributed by atoms with Crippen molar-refractivity contribution in [3.63, 3.8) is 0 Å². The minimum Gasteiger partial charge on any atom is -0.378 e. The van der Waals surface area contributed by atoms with E-state index in [0.29, 0.717) is 29.9 Å². The van der Waals surface area contributed by atoms with Crippen LogP contribution in [0.25, 0.3) is 4.96 Å². The van der Waals surface area contributed by atoms with Crippen LogP contribution in [0, 0.1) is 6.92 Å². The molecule has 0 spiro atoms. The molecule has 9 heteroatoms. The number of ether oxygens (including phenoxy) is 1. The topological polar surface area (TPSA) is 88.8 Å². The van der Waals surface area contributed by atoms with E-state index >= 15 is 0 Å². The van der Waals surface area contributed by atoms with Crippen LogP contribution in [-0.2, 0) is 11.3 Å². The lowest BCUT2D eigenvalue weighted by atomic mass is 10.1. The monoisotopic (exact) mass is 385 g/mol. The summed E-state index contributed by atoms with van der Waals surface area (Å²) in [5.41, 5.74) is 1.64. The highest BCUT2D eigenvalue weighted by atomic mass is 32.1. The number of hydrogen-bond donors (Lipinski definition) is 1. The molecular weight excluding hydrogens is 366 g/mol. The van der Waals surface area contributed by atoms with Gasteiger partial charge in [-0.05, 0) is 12.5 Å². The molecule has 8 nitrogen and oxygen atoms in total. The highest BCUT2D eigenvalue weighted by Crippen LogP contribution is 2.21. The second kappa shape index (κ2) is 7.45. The molecule has 4 rings (SSSR count). The summed E-state index contributed by atoms with van der Waals surface area (Å²) in [5.74, 6) is -0.455. The Bertz CT molecular complexity index is 1020. The fraction of sp³-hybridized carbons (Fsp3) is 0.333. The Labute approximate surface area is 159 Å². The van der Waals surface area contributed by atoms with Crippen molar-refractivity contribution in [2.75, 3.05) is 31.2 Å². The van der Waals surface area contributed by atoms with E-state index in [-0.39, 0.29) is 5.56 Å². The van der Waals surface area contributed by atoms with Crippen molar-refractivity contribution < 1.29 is 9.53 Å². The number of morpholine rings is 1. The van der Waals surface area contributed by atoms with Crippen LogP contribution in [0.3, 0.4) is 0 Å². The molecule has 1 amide bonds. The summed E-state index contributed by atoms with van der Waals surface area (Å²) in [6, 6.07) is 7.84. The van der Waals surface area contributed by atoms with Crippen LogP contribution < -0.4 is 15.8 Å². The van der Waals surface area contributed by atoms with Crippen molar-refractivity contribution in [2.45, 2.75) is 13.5 Å². The maximum atomic E-state index is 12.7. The van der Waals surface area contributed by atoms with Crippen LogP contribution in [0.4, 0.5) is 5.13 Å². The molecule has 1 aromatic carbocycles. The van der Waals surface area contributed by atoms with Crippen LogP contribution in [0.1, 0.15) is 21.5 Å². The number of hydrogen-bond acceptors (Lipinski definition) is 7. The number of amides is 1. The van der Waals surface area contributed by atoms with Crippen molar-refractivity contribution in [3.05, 3.63) is 57.5 Å². The Morgan fingerprint density at radius 1 is 1.26 bits per heavy atom. The molecule has 0 unspecified atom stereocenters. The fourth-order valence-corrected chi connectivity index (χ4v) is 3.71. The number of fused-ring (bicyclic) bond motifs is 1. The molecule has 1 aliphatic heterocycles. The SMILES string of the molecule is Cc1ccc(CNC(=O)c2cnc3sc(N4CCOCC4)nn3c2=O)cc1. The third-order valence-electron chi connectivity index (χ3n) is 4.38. The molecule has 140 valence electrons. The zero-order valence-corrected chi connectivity index (χ0v) is 15.7. The average Bonchev–Trinajstić information content (AvgIpc) is 3.14. The quantitative estimate of drug-likeness (QED) is 0.727. The lowest BCUT2D eigenvalue weighted by molar-refractivity contribution is 0.0948. The van der Waals surface area contributed by atoms with Gasteiger partial charge in [-0.1, -0.05) is 41.2 Å². The first-order valence-electron chi connectivity index (χ1n) is 8.67. The normalized spacial score (nSPS) is 14.5. The van der Waals surface area contributed by atoms with Gasteiger partial charge in [-0.2, -0.15) is 4.52 Å². The molecule has 1 saturated heterocycles.